The van der Waals surface area contributed by atoms with Crippen molar-refractivity contribution >= 4 is 34.9 Å². The minimum atomic E-state index is -1.16. The molecule has 1 spiro atoms. The number of amides is 2. The summed E-state index contributed by atoms with van der Waals surface area (Å²) in [6.45, 7) is 6.06. The van der Waals surface area contributed by atoms with Crippen LogP contribution in [0.4, 0.5) is 11.5 Å². The molecule has 1 atom stereocenters. The van der Waals surface area contributed by atoms with Gasteiger partial charge in [-0.05, 0) is 30.2 Å². The molecule has 0 saturated carbocycles. The number of para-hydroxylation sites is 2. The molecule has 3 aromatic rings. The average molecular weight is 419 g/mol. The molecule has 30 heavy (non-hydrogen) atoms. The quantitative estimate of drug-likeness (QED) is 0.654. The maximum Gasteiger partial charge on any atom is 0.243 e. The molecule has 0 saturated heterocycles. The largest absolute Gasteiger partial charge is 0.310 e. The Morgan fingerprint density at radius 3 is 2.77 bits per heavy atom. The first-order valence-corrected chi connectivity index (χ1v) is 10.0. The number of halogens is 1. The van der Waals surface area contributed by atoms with Gasteiger partial charge in [-0.1, -0.05) is 48.0 Å². The summed E-state index contributed by atoms with van der Waals surface area (Å²) in [5, 5.41) is 7.97. The predicted octanol–water partition coefficient (Wildman–Crippen LogP) is 4.00. The van der Waals surface area contributed by atoms with Crippen LogP contribution in [0.25, 0.3) is 5.69 Å². The first kappa shape index (κ1) is 18.6. The Labute approximate surface area is 178 Å². The van der Waals surface area contributed by atoms with Gasteiger partial charge in [-0.2, -0.15) is 5.10 Å². The zero-order chi connectivity index (χ0) is 21.0. The van der Waals surface area contributed by atoms with Crippen LogP contribution < -0.4 is 10.2 Å². The van der Waals surface area contributed by atoms with E-state index < -0.39 is 5.41 Å². The summed E-state index contributed by atoms with van der Waals surface area (Å²) in [7, 11) is 0. The molecule has 0 aliphatic carbocycles. The smallest absolute Gasteiger partial charge is 0.243 e. The van der Waals surface area contributed by atoms with Gasteiger partial charge >= 0.3 is 0 Å². The van der Waals surface area contributed by atoms with Crippen molar-refractivity contribution in [1.29, 1.82) is 0 Å². The third-order valence-corrected chi connectivity index (χ3v) is 6.20. The minimum Gasteiger partial charge on any atom is -0.310 e. The van der Waals surface area contributed by atoms with Crippen LogP contribution in [0.1, 0.15) is 23.1 Å². The van der Waals surface area contributed by atoms with Crippen LogP contribution in [0.5, 0.6) is 0 Å². The summed E-state index contributed by atoms with van der Waals surface area (Å²) < 4.78 is 1.69. The lowest BCUT2D eigenvalue weighted by Gasteiger charge is -2.32. The van der Waals surface area contributed by atoms with E-state index in [9.17, 15) is 9.59 Å². The number of carbonyl (C=O) groups is 2. The summed E-state index contributed by atoms with van der Waals surface area (Å²) in [6.07, 6.45) is 3.34. The van der Waals surface area contributed by atoms with Gasteiger partial charge in [0, 0.05) is 18.5 Å². The molecule has 6 nitrogen and oxygen atoms in total. The number of hydrogen-bond acceptors (Lipinski definition) is 3. The molecule has 5 rings (SSSR count). The zero-order valence-corrected chi connectivity index (χ0v) is 17.1. The fraction of sp³-hybridized carbons (Fsp3) is 0.174. The molecule has 7 heteroatoms. The van der Waals surface area contributed by atoms with Gasteiger partial charge in [0.05, 0.1) is 22.6 Å². The number of hydrogen-bond donors (Lipinski definition) is 1. The highest BCUT2D eigenvalue weighted by molar-refractivity contribution is 6.35. The van der Waals surface area contributed by atoms with Gasteiger partial charge in [0.25, 0.3) is 0 Å². The van der Waals surface area contributed by atoms with Crippen LogP contribution in [0.3, 0.4) is 0 Å². The van der Waals surface area contributed by atoms with Crippen molar-refractivity contribution in [2.24, 2.45) is 0 Å². The molecule has 0 bridgehead atoms. The molecule has 2 aliphatic heterocycles. The number of carbonyl (C=O) groups excluding carboxylic acids is 2. The van der Waals surface area contributed by atoms with Crippen LogP contribution in [0.15, 0.2) is 61.3 Å². The van der Waals surface area contributed by atoms with Crippen molar-refractivity contribution in [3.63, 3.8) is 0 Å². The molecule has 1 unspecified atom stereocenters. The summed E-state index contributed by atoms with van der Waals surface area (Å²) in [4.78, 5) is 28.3. The number of fused-ring (bicyclic) bond motifs is 4. The monoisotopic (exact) mass is 418 g/mol. The average Bonchev–Trinajstić information content (AvgIpc) is 3.24. The Morgan fingerprint density at radius 2 is 2.00 bits per heavy atom. The number of rotatable bonds is 3. The molecule has 0 fully saturated rings. The van der Waals surface area contributed by atoms with Crippen LogP contribution in [-0.4, -0.2) is 28.1 Å². The normalized spacial score (nSPS) is 19.6. The van der Waals surface area contributed by atoms with Crippen molar-refractivity contribution in [2.75, 3.05) is 16.8 Å². The van der Waals surface area contributed by atoms with Gasteiger partial charge in [0.2, 0.25) is 11.8 Å². The van der Waals surface area contributed by atoms with Crippen molar-refractivity contribution in [3.05, 3.63) is 83.0 Å². The third-order valence-electron chi connectivity index (χ3n) is 5.89. The Hall–Kier alpha value is -3.38. The number of nitrogens with one attached hydrogen (secondary N) is 1. The van der Waals surface area contributed by atoms with Crippen LogP contribution >= 0.6 is 11.6 Å². The lowest BCUT2D eigenvalue weighted by atomic mass is 9.72. The van der Waals surface area contributed by atoms with E-state index in [1.165, 1.54) is 0 Å². The molecular formula is C23H19ClN4O2. The SMILES string of the molecule is C=CCN1C(=O)C2(CC(=O)Nc3c2cnn3-c2ccccc2C)c2cccc(Cl)c21. The second-order valence-corrected chi connectivity index (χ2v) is 7.98. The van der Waals surface area contributed by atoms with Gasteiger partial charge in [-0.15, -0.1) is 6.58 Å². The number of nitrogens with zero attached hydrogens (tertiary/aromatic N) is 3. The van der Waals surface area contributed by atoms with Crippen LogP contribution in [-0.2, 0) is 15.0 Å². The Morgan fingerprint density at radius 1 is 1.20 bits per heavy atom. The highest BCUT2D eigenvalue weighted by atomic mass is 35.5. The minimum absolute atomic E-state index is 0.000711. The van der Waals surface area contributed by atoms with E-state index in [2.05, 4.69) is 17.0 Å². The number of anilines is 2. The lowest BCUT2D eigenvalue weighted by molar-refractivity contribution is -0.126. The van der Waals surface area contributed by atoms with E-state index >= 15 is 0 Å². The highest BCUT2D eigenvalue weighted by Gasteiger charge is 2.57. The van der Waals surface area contributed by atoms with E-state index in [4.69, 9.17) is 11.6 Å². The maximum atomic E-state index is 13.8. The predicted molar refractivity (Wildman–Crippen MR) is 116 cm³/mol. The van der Waals surface area contributed by atoms with Crippen molar-refractivity contribution in [1.82, 2.24) is 9.78 Å². The van der Waals surface area contributed by atoms with Crippen molar-refractivity contribution in [2.45, 2.75) is 18.8 Å². The summed E-state index contributed by atoms with van der Waals surface area (Å²) in [5.41, 5.74) is 2.71. The first-order valence-electron chi connectivity index (χ1n) is 9.65. The first-order chi connectivity index (χ1) is 14.5. The zero-order valence-electron chi connectivity index (χ0n) is 16.4. The molecule has 2 aromatic carbocycles. The molecule has 3 heterocycles. The van der Waals surface area contributed by atoms with Gasteiger partial charge in [0.1, 0.15) is 11.2 Å². The fourth-order valence-corrected chi connectivity index (χ4v) is 4.87. The molecular weight excluding hydrogens is 400 g/mol. The van der Waals surface area contributed by atoms with Crippen molar-refractivity contribution < 1.29 is 9.59 Å². The van der Waals surface area contributed by atoms with Gasteiger partial charge in [-0.25, -0.2) is 4.68 Å². The van der Waals surface area contributed by atoms with Gasteiger partial charge < -0.3 is 10.2 Å². The van der Waals surface area contributed by atoms with Crippen LogP contribution in [0.2, 0.25) is 5.02 Å². The second-order valence-electron chi connectivity index (χ2n) is 7.58. The van der Waals surface area contributed by atoms with E-state index in [1.54, 1.807) is 27.9 Å². The second kappa shape index (κ2) is 6.57. The van der Waals surface area contributed by atoms with Gasteiger partial charge in [-0.3, -0.25) is 9.59 Å². The molecule has 1 aromatic heterocycles. The third kappa shape index (κ3) is 2.34. The van der Waals surface area contributed by atoms with E-state index in [0.717, 1.165) is 16.8 Å². The Bertz CT molecular complexity index is 1230. The maximum absolute atomic E-state index is 13.8. The lowest BCUT2D eigenvalue weighted by Crippen LogP contribution is -2.46. The Balaban J connectivity index is 1.80. The number of aryl methyl sites for hydroxylation is 1. The number of aromatic nitrogens is 2. The highest BCUT2D eigenvalue weighted by Crippen LogP contribution is 2.54. The fourth-order valence-electron chi connectivity index (χ4n) is 4.59. The Kier molecular flexibility index (Phi) is 4.08. The molecule has 150 valence electrons. The molecule has 1 N–H and O–H groups in total. The summed E-state index contributed by atoms with van der Waals surface area (Å²) >= 11 is 6.50. The molecule has 2 amide bonds. The number of benzene rings is 2. The summed E-state index contributed by atoms with van der Waals surface area (Å²) in [5.74, 6) is 0.0868. The van der Waals surface area contributed by atoms with E-state index in [-0.39, 0.29) is 18.2 Å². The van der Waals surface area contributed by atoms with Crippen molar-refractivity contribution in [3.8, 4) is 5.69 Å². The molecule has 2 aliphatic rings. The van der Waals surface area contributed by atoms with Gasteiger partial charge in [0.15, 0.2) is 0 Å². The standard InChI is InChI=1S/C23H19ClN4O2/c1-3-11-27-20-15(8-6-9-17(20)24)23(22(27)30)12-19(29)26-21-16(23)13-25-28(21)18-10-5-4-7-14(18)2/h3-10,13H,1,11-12H2,2H3,(H,26,29). The molecule has 0 radical (unpaired) electrons. The topological polar surface area (TPSA) is 67.2 Å². The summed E-state index contributed by atoms with van der Waals surface area (Å²) in [6, 6.07) is 13.2. The van der Waals surface area contributed by atoms with Crippen LogP contribution in [0, 0.1) is 6.92 Å². The van der Waals surface area contributed by atoms with E-state index in [1.807, 2.05) is 43.3 Å². The van der Waals surface area contributed by atoms with E-state index in [0.29, 0.717) is 28.6 Å².